The summed E-state index contributed by atoms with van der Waals surface area (Å²) in [5, 5.41) is 11.7. The Bertz CT molecular complexity index is 1530. The summed E-state index contributed by atoms with van der Waals surface area (Å²) in [6, 6.07) is 18.9. The molecule has 3 aromatic carbocycles. The number of ketones is 1. The van der Waals surface area contributed by atoms with Gasteiger partial charge in [-0.3, -0.25) is 9.59 Å². The van der Waals surface area contributed by atoms with Gasteiger partial charge in [0.2, 0.25) is 0 Å². The Balaban J connectivity index is 1.80. The van der Waals surface area contributed by atoms with E-state index in [0.29, 0.717) is 23.5 Å². The van der Waals surface area contributed by atoms with Gasteiger partial charge in [0.25, 0.3) is 11.7 Å². The average molecular weight is 570 g/mol. The second-order valence-corrected chi connectivity index (χ2v) is 11.9. The fraction of sp³-hybridized carbons (Fsp3) is 0.343. The van der Waals surface area contributed by atoms with Gasteiger partial charge >= 0.3 is 5.97 Å². The molecule has 1 aliphatic heterocycles. The minimum Gasteiger partial charge on any atom is -0.507 e. The van der Waals surface area contributed by atoms with Gasteiger partial charge in [0.1, 0.15) is 11.5 Å². The van der Waals surface area contributed by atoms with E-state index >= 15 is 0 Å². The molecule has 0 aliphatic carbocycles. The molecule has 1 saturated heterocycles. The quantitative estimate of drug-likeness (QED) is 0.138. The van der Waals surface area contributed by atoms with Crippen LogP contribution in [0.2, 0.25) is 0 Å². The number of rotatable bonds is 8. The first kappa shape index (κ1) is 30.6. The number of hydrogen-bond acceptors (Lipinski definition) is 6. The third-order valence-electron chi connectivity index (χ3n) is 7.14. The molecule has 7 nitrogen and oxygen atoms in total. The van der Waals surface area contributed by atoms with Crippen LogP contribution < -0.4 is 4.74 Å². The van der Waals surface area contributed by atoms with Crippen LogP contribution in [0.4, 0.5) is 0 Å². The van der Waals surface area contributed by atoms with Crippen molar-refractivity contribution in [2.24, 2.45) is 0 Å². The van der Waals surface area contributed by atoms with Crippen molar-refractivity contribution >= 4 is 23.4 Å². The molecule has 1 amide bonds. The highest BCUT2D eigenvalue weighted by molar-refractivity contribution is 6.46. The van der Waals surface area contributed by atoms with Crippen molar-refractivity contribution in [1.82, 2.24) is 4.90 Å². The Morgan fingerprint density at radius 2 is 1.64 bits per heavy atom. The number of carbonyl (C=O) groups excluding carboxylic acids is 3. The fourth-order valence-electron chi connectivity index (χ4n) is 5.16. The van der Waals surface area contributed by atoms with Crippen LogP contribution in [-0.2, 0) is 26.3 Å². The molecule has 0 aromatic heterocycles. The van der Waals surface area contributed by atoms with Crippen molar-refractivity contribution in [2.45, 2.75) is 72.6 Å². The minimum absolute atomic E-state index is 0.0340. The lowest BCUT2D eigenvalue weighted by atomic mass is 9.84. The first-order valence-electron chi connectivity index (χ1n) is 14.2. The standard InChI is InChI=1S/C35H39NO6/c1-8-41-28-17-16-26(19-27(28)35(5,6)7)31(37)29-30(25-11-9-10-22(4)18-25)36(33(39)32(29)38)20-23-12-14-24(15-13-23)34(40)42-21(2)3/h9-19,21,30,37H,8,20H2,1-7H3/b31-29-. The Hall–Kier alpha value is -4.39. The molecule has 0 bridgehead atoms. The molecule has 7 heteroatoms. The normalized spacial score (nSPS) is 16.7. The zero-order valence-electron chi connectivity index (χ0n) is 25.4. The first-order valence-corrected chi connectivity index (χ1v) is 14.2. The fourth-order valence-corrected chi connectivity index (χ4v) is 5.16. The van der Waals surface area contributed by atoms with Crippen LogP contribution in [0.5, 0.6) is 5.75 Å². The Labute approximate surface area is 247 Å². The lowest BCUT2D eigenvalue weighted by molar-refractivity contribution is -0.140. The molecular weight excluding hydrogens is 530 g/mol. The third-order valence-corrected chi connectivity index (χ3v) is 7.14. The summed E-state index contributed by atoms with van der Waals surface area (Å²) < 4.78 is 11.1. The van der Waals surface area contributed by atoms with Gasteiger partial charge in [-0.05, 0) is 74.6 Å². The lowest BCUT2D eigenvalue weighted by Gasteiger charge is -2.26. The molecule has 0 radical (unpaired) electrons. The molecule has 1 heterocycles. The van der Waals surface area contributed by atoms with Crippen molar-refractivity contribution in [2.75, 3.05) is 6.61 Å². The van der Waals surface area contributed by atoms with Crippen molar-refractivity contribution in [3.8, 4) is 5.75 Å². The SMILES string of the molecule is CCOc1ccc(/C(O)=C2/C(=O)C(=O)N(Cc3ccc(C(=O)OC(C)C)cc3)C2c2cccc(C)c2)cc1C(C)(C)C. The molecule has 1 atom stereocenters. The lowest BCUT2D eigenvalue weighted by Crippen LogP contribution is -2.29. The number of ether oxygens (including phenoxy) is 2. The maximum Gasteiger partial charge on any atom is 0.338 e. The molecule has 1 unspecified atom stereocenters. The van der Waals surface area contributed by atoms with Gasteiger partial charge in [0, 0.05) is 17.7 Å². The zero-order valence-corrected chi connectivity index (χ0v) is 25.4. The number of carbonyl (C=O) groups is 3. The summed E-state index contributed by atoms with van der Waals surface area (Å²) in [7, 11) is 0. The smallest absolute Gasteiger partial charge is 0.338 e. The predicted octanol–water partition coefficient (Wildman–Crippen LogP) is 6.88. The van der Waals surface area contributed by atoms with E-state index in [4.69, 9.17) is 9.47 Å². The predicted molar refractivity (Wildman–Crippen MR) is 162 cm³/mol. The van der Waals surface area contributed by atoms with E-state index < -0.39 is 23.7 Å². The second kappa shape index (κ2) is 12.2. The zero-order chi connectivity index (χ0) is 30.8. The van der Waals surface area contributed by atoms with E-state index in [0.717, 1.165) is 22.3 Å². The van der Waals surface area contributed by atoms with Crippen LogP contribution in [0.3, 0.4) is 0 Å². The van der Waals surface area contributed by atoms with Gasteiger partial charge < -0.3 is 19.5 Å². The summed E-state index contributed by atoms with van der Waals surface area (Å²) >= 11 is 0. The third kappa shape index (κ3) is 6.40. The van der Waals surface area contributed by atoms with Crippen molar-refractivity contribution in [1.29, 1.82) is 0 Å². The number of benzene rings is 3. The average Bonchev–Trinajstić information content (AvgIpc) is 3.17. The van der Waals surface area contributed by atoms with Crippen molar-refractivity contribution < 1.29 is 29.0 Å². The first-order chi connectivity index (χ1) is 19.8. The topological polar surface area (TPSA) is 93.1 Å². The molecule has 0 saturated carbocycles. The number of esters is 1. The number of hydrogen-bond donors (Lipinski definition) is 1. The second-order valence-electron chi connectivity index (χ2n) is 11.9. The number of amides is 1. The van der Waals surface area contributed by atoms with Crippen LogP contribution in [0.1, 0.15) is 85.8 Å². The van der Waals surface area contributed by atoms with Crippen molar-refractivity contribution in [3.63, 3.8) is 0 Å². The van der Waals surface area contributed by atoms with E-state index in [1.807, 2.05) is 65.0 Å². The van der Waals surface area contributed by atoms with E-state index in [1.165, 1.54) is 4.90 Å². The highest BCUT2D eigenvalue weighted by atomic mass is 16.5. The largest absolute Gasteiger partial charge is 0.507 e. The molecule has 0 spiro atoms. The number of nitrogens with zero attached hydrogens (tertiary/aromatic N) is 1. The summed E-state index contributed by atoms with van der Waals surface area (Å²) in [6.45, 7) is 14.2. The Morgan fingerprint density at radius 3 is 2.24 bits per heavy atom. The Kier molecular flexibility index (Phi) is 8.90. The van der Waals surface area contributed by atoms with E-state index in [9.17, 15) is 19.5 Å². The van der Waals surface area contributed by atoms with Gasteiger partial charge in [0.05, 0.1) is 29.9 Å². The molecule has 1 fully saturated rings. The summed E-state index contributed by atoms with van der Waals surface area (Å²) in [5.41, 5.74) is 3.86. The van der Waals surface area contributed by atoms with Crippen LogP contribution in [-0.4, -0.2) is 40.4 Å². The van der Waals surface area contributed by atoms with Crippen LogP contribution in [0.15, 0.2) is 72.3 Å². The summed E-state index contributed by atoms with van der Waals surface area (Å²) in [6.07, 6.45) is -0.242. The molecule has 4 rings (SSSR count). The minimum atomic E-state index is -0.805. The van der Waals surface area contributed by atoms with Gasteiger partial charge in [-0.2, -0.15) is 0 Å². The van der Waals surface area contributed by atoms with Crippen LogP contribution in [0, 0.1) is 6.92 Å². The molecule has 1 N–H and O–H groups in total. The van der Waals surface area contributed by atoms with E-state index in [-0.39, 0.29) is 29.4 Å². The highest BCUT2D eigenvalue weighted by Gasteiger charge is 2.46. The van der Waals surface area contributed by atoms with Gasteiger partial charge in [-0.25, -0.2) is 4.79 Å². The van der Waals surface area contributed by atoms with E-state index in [2.05, 4.69) is 0 Å². The van der Waals surface area contributed by atoms with Crippen LogP contribution >= 0.6 is 0 Å². The monoisotopic (exact) mass is 569 g/mol. The maximum absolute atomic E-state index is 13.6. The number of likely N-dealkylation sites (tertiary alicyclic amines) is 1. The maximum atomic E-state index is 13.6. The molecule has 1 aliphatic rings. The summed E-state index contributed by atoms with van der Waals surface area (Å²) in [4.78, 5) is 40.9. The molecule has 3 aromatic rings. The Morgan fingerprint density at radius 1 is 0.976 bits per heavy atom. The molecule has 220 valence electrons. The highest BCUT2D eigenvalue weighted by Crippen LogP contribution is 2.42. The van der Waals surface area contributed by atoms with Gasteiger partial charge in [-0.15, -0.1) is 0 Å². The molecular formula is C35H39NO6. The van der Waals surface area contributed by atoms with Gasteiger partial charge in [-0.1, -0.05) is 62.7 Å². The van der Waals surface area contributed by atoms with Crippen LogP contribution in [0.25, 0.3) is 5.76 Å². The molecule has 42 heavy (non-hydrogen) atoms. The number of Topliss-reactive ketones (excluding diaryl/α,β-unsaturated/α-hetero) is 1. The number of aliphatic hydroxyl groups is 1. The van der Waals surface area contributed by atoms with Gasteiger partial charge in [0.15, 0.2) is 0 Å². The van der Waals surface area contributed by atoms with E-state index in [1.54, 1.807) is 50.2 Å². The number of aryl methyl sites for hydroxylation is 1. The number of aliphatic hydroxyl groups excluding tert-OH is 1. The van der Waals surface area contributed by atoms with Crippen molar-refractivity contribution in [3.05, 3.63) is 106 Å². The summed E-state index contributed by atoms with van der Waals surface area (Å²) in [5.74, 6) is -1.40.